The Morgan fingerprint density at radius 2 is 2.04 bits per heavy atom. The van der Waals surface area contributed by atoms with E-state index < -0.39 is 0 Å². The Hall–Kier alpha value is -0.870. The monoisotopic (exact) mass is 338 g/mol. The maximum atomic E-state index is 11.6. The maximum Gasteiger partial charge on any atom is 0.311 e. The van der Waals surface area contributed by atoms with Crippen molar-refractivity contribution in [3.8, 4) is 0 Å². The van der Waals surface area contributed by atoms with Crippen molar-refractivity contribution < 1.29 is 19.3 Å². The second kappa shape index (κ2) is 7.57. The number of hydrogen-bond donors (Lipinski definition) is 0. The van der Waals surface area contributed by atoms with Crippen LogP contribution in [-0.4, -0.2) is 24.8 Å². The van der Waals surface area contributed by atoms with Gasteiger partial charge in [0.25, 0.3) is 0 Å². The van der Waals surface area contributed by atoms with Crippen molar-refractivity contribution >= 4 is 5.97 Å². The molecule has 1 heterocycles. The normalized spacial score (nSPS) is 31.7. The van der Waals surface area contributed by atoms with Gasteiger partial charge < -0.3 is 4.74 Å². The van der Waals surface area contributed by atoms with Gasteiger partial charge in [-0.15, -0.1) is 0 Å². The number of esters is 1. The van der Waals surface area contributed by atoms with E-state index in [1.165, 1.54) is 26.4 Å². The fraction of sp³-hybridized carbons (Fsp3) is 0.850. The lowest BCUT2D eigenvalue weighted by Crippen LogP contribution is -2.42. The standard InChI is InChI=1S/C20H34O4/c1-14-8-7-11-19(3,4)16(14)9-12-20(5)13-10-17(23-24-20)15(2)18(21)22-6/h15,17H,7-13H2,1-6H3/t15?,17-,20-/m1/s1. The third-order valence-corrected chi connectivity index (χ3v) is 6.05. The zero-order chi connectivity index (χ0) is 18.0. The lowest BCUT2D eigenvalue weighted by atomic mass is 9.70. The molecule has 2 rings (SSSR count). The Labute approximate surface area is 146 Å². The molecule has 1 saturated heterocycles. The third-order valence-electron chi connectivity index (χ3n) is 6.05. The quantitative estimate of drug-likeness (QED) is 0.403. The van der Waals surface area contributed by atoms with Crippen LogP contribution in [-0.2, 0) is 19.3 Å². The average Bonchev–Trinajstić information content (AvgIpc) is 2.53. The Bertz CT molecular complexity index is 484. The summed E-state index contributed by atoms with van der Waals surface area (Å²) in [5.74, 6) is -0.529. The summed E-state index contributed by atoms with van der Waals surface area (Å²) < 4.78 is 4.80. The van der Waals surface area contributed by atoms with Crippen LogP contribution in [0.25, 0.3) is 0 Å². The number of ether oxygens (including phenoxy) is 1. The molecule has 0 N–H and O–H groups in total. The summed E-state index contributed by atoms with van der Waals surface area (Å²) in [5, 5.41) is 0. The van der Waals surface area contributed by atoms with Crippen LogP contribution in [0.15, 0.2) is 11.1 Å². The highest BCUT2D eigenvalue weighted by atomic mass is 17.2. The topological polar surface area (TPSA) is 44.8 Å². The van der Waals surface area contributed by atoms with Gasteiger partial charge in [-0.3, -0.25) is 4.79 Å². The highest BCUT2D eigenvalue weighted by Gasteiger charge is 2.39. The Kier molecular flexibility index (Phi) is 6.14. The van der Waals surface area contributed by atoms with E-state index in [-0.39, 0.29) is 23.6 Å². The Morgan fingerprint density at radius 3 is 2.58 bits per heavy atom. The van der Waals surface area contributed by atoms with Crippen LogP contribution >= 0.6 is 0 Å². The second-order valence-corrected chi connectivity index (χ2v) is 8.51. The first-order valence-electron chi connectivity index (χ1n) is 9.30. The summed E-state index contributed by atoms with van der Waals surface area (Å²) in [4.78, 5) is 23.0. The molecule has 0 aromatic heterocycles. The van der Waals surface area contributed by atoms with Crippen LogP contribution in [0.3, 0.4) is 0 Å². The van der Waals surface area contributed by atoms with E-state index in [9.17, 15) is 4.79 Å². The first kappa shape index (κ1) is 19.5. The maximum absolute atomic E-state index is 11.6. The van der Waals surface area contributed by atoms with Crippen molar-refractivity contribution in [3.05, 3.63) is 11.1 Å². The van der Waals surface area contributed by atoms with Crippen molar-refractivity contribution in [3.63, 3.8) is 0 Å². The number of carbonyl (C=O) groups excluding carboxylic acids is 1. The molecule has 0 amide bonds. The highest BCUT2D eigenvalue weighted by molar-refractivity contribution is 5.72. The fourth-order valence-corrected chi connectivity index (χ4v) is 4.17. The highest BCUT2D eigenvalue weighted by Crippen LogP contribution is 2.44. The van der Waals surface area contributed by atoms with E-state index in [0.717, 1.165) is 25.7 Å². The van der Waals surface area contributed by atoms with E-state index in [1.807, 2.05) is 6.92 Å². The number of hydrogen-bond acceptors (Lipinski definition) is 4. The average molecular weight is 338 g/mol. The summed E-state index contributed by atoms with van der Waals surface area (Å²) in [7, 11) is 1.41. The molecular formula is C20H34O4. The van der Waals surface area contributed by atoms with Crippen molar-refractivity contribution in [2.24, 2.45) is 11.3 Å². The molecular weight excluding hydrogens is 304 g/mol. The van der Waals surface area contributed by atoms with Crippen molar-refractivity contribution in [2.75, 3.05) is 7.11 Å². The van der Waals surface area contributed by atoms with Gasteiger partial charge in [-0.2, -0.15) is 0 Å². The van der Waals surface area contributed by atoms with Crippen LogP contribution < -0.4 is 0 Å². The molecule has 1 fully saturated rings. The number of rotatable bonds is 5. The molecule has 0 aromatic rings. The molecule has 1 aliphatic carbocycles. The predicted octanol–water partition coefficient (Wildman–Crippen LogP) is 4.97. The molecule has 24 heavy (non-hydrogen) atoms. The zero-order valence-corrected chi connectivity index (χ0v) is 16.2. The minimum Gasteiger partial charge on any atom is -0.469 e. The van der Waals surface area contributed by atoms with E-state index in [0.29, 0.717) is 5.41 Å². The van der Waals surface area contributed by atoms with Gasteiger partial charge in [0.05, 0.1) is 13.0 Å². The largest absolute Gasteiger partial charge is 0.469 e. The molecule has 138 valence electrons. The molecule has 0 aromatic carbocycles. The zero-order valence-electron chi connectivity index (χ0n) is 16.2. The smallest absolute Gasteiger partial charge is 0.311 e. The van der Waals surface area contributed by atoms with E-state index >= 15 is 0 Å². The van der Waals surface area contributed by atoms with E-state index in [1.54, 1.807) is 11.1 Å². The van der Waals surface area contributed by atoms with Gasteiger partial charge in [0.2, 0.25) is 0 Å². The fourth-order valence-electron chi connectivity index (χ4n) is 4.17. The Morgan fingerprint density at radius 1 is 1.33 bits per heavy atom. The van der Waals surface area contributed by atoms with Crippen LogP contribution in [0.4, 0.5) is 0 Å². The van der Waals surface area contributed by atoms with E-state index in [2.05, 4.69) is 27.7 Å². The van der Waals surface area contributed by atoms with Gasteiger partial charge >= 0.3 is 5.97 Å². The van der Waals surface area contributed by atoms with Crippen LogP contribution in [0.5, 0.6) is 0 Å². The Balaban J connectivity index is 1.91. The molecule has 3 atom stereocenters. The molecule has 0 spiro atoms. The summed E-state index contributed by atoms with van der Waals surface area (Å²) in [5.41, 5.74) is 3.19. The van der Waals surface area contributed by atoms with Crippen LogP contribution in [0, 0.1) is 11.3 Å². The SMILES string of the molecule is COC(=O)C(C)[C@H]1CC[C@@](C)(CCC2=C(C)CCCC2(C)C)OO1. The molecule has 0 saturated carbocycles. The molecule has 4 nitrogen and oxygen atoms in total. The molecule has 2 aliphatic rings. The van der Waals surface area contributed by atoms with Gasteiger partial charge in [0, 0.05) is 0 Å². The number of methoxy groups -OCH3 is 1. The molecule has 4 heteroatoms. The lowest BCUT2D eigenvalue weighted by molar-refractivity contribution is -0.411. The van der Waals surface area contributed by atoms with Gasteiger partial charge in [0.1, 0.15) is 11.7 Å². The first-order chi connectivity index (χ1) is 11.2. The summed E-state index contributed by atoms with van der Waals surface area (Å²) >= 11 is 0. The van der Waals surface area contributed by atoms with Gasteiger partial charge in [-0.05, 0) is 71.1 Å². The molecule has 0 bridgehead atoms. The van der Waals surface area contributed by atoms with Crippen molar-refractivity contribution in [1.29, 1.82) is 0 Å². The first-order valence-corrected chi connectivity index (χ1v) is 9.30. The van der Waals surface area contributed by atoms with Crippen molar-refractivity contribution in [1.82, 2.24) is 0 Å². The number of carbonyl (C=O) groups is 1. The summed E-state index contributed by atoms with van der Waals surface area (Å²) in [6.07, 6.45) is 7.35. The molecule has 1 aliphatic heterocycles. The van der Waals surface area contributed by atoms with Crippen LogP contribution in [0.2, 0.25) is 0 Å². The third kappa shape index (κ3) is 4.40. The van der Waals surface area contributed by atoms with Gasteiger partial charge in [0.15, 0.2) is 0 Å². The van der Waals surface area contributed by atoms with Crippen molar-refractivity contribution in [2.45, 2.75) is 91.3 Å². The van der Waals surface area contributed by atoms with Crippen LogP contribution in [0.1, 0.15) is 79.6 Å². The predicted molar refractivity (Wildman–Crippen MR) is 94.3 cm³/mol. The second-order valence-electron chi connectivity index (χ2n) is 8.51. The lowest BCUT2D eigenvalue weighted by Gasteiger charge is -2.40. The minimum absolute atomic E-state index is 0.211. The van der Waals surface area contributed by atoms with Gasteiger partial charge in [-0.1, -0.05) is 25.0 Å². The molecule has 0 radical (unpaired) electrons. The summed E-state index contributed by atoms with van der Waals surface area (Å²) in [6.45, 7) is 11.0. The van der Waals surface area contributed by atoms with E-state index in [4.69, 9.17) is 14.5 Å². The summed E-state index contributed by atoms with van der Waals surface area (Å²) in [6, 6.07) is 0. The minimum atomic E-state index is -0.290. The van der Waals surface area contributed by atoms with Gasteiger partial charge in [-0.25, -0.2) is 9.78 Å². The number of allylic oxidation sites excluding steroid dienone is 2. The molecule has 1 unspecified atom stereocenters.